The minimum absolute atomic E-state index is 0.280. The lowest BCUT2D eigenvalue weighted by Gasteiger charge is -2.13. The predicted octanol–water partition coefficient (Wildman–Crippen LogP) is 12.7. The Kier molecular flexibility index (Phi) is 11.9. The van der Waals surface area contributed by atoms with Crippen molar-refractivity contribution < 1.29 is 28.8 Å². The Hall–Kier alpha value is -12.5. The number of anilines is 6. The van der Waals surface area contributed by atoms with E-state index in [1.165, 1.54) is 14.7 Å². The van der Waals surface area contributed by atoms with Crippen molar-refractivity contribution in [2.24, 2.45) is 0 Å². The monoisotopic (exact) mass is 1160 g/mol. The first kappa shape index (κ1) is 53.0. The van der Waals surface area contributed by atoms with Crippen molar-refractivity contribution >= 4 is 69.6 Å². The predicted molar refractivity (Wildman–Crippen MR) is 343 cm³/mol. The number of carbonyl (C=O) groups excluding carboxylic acids is 6. The topological polar surface area (TPSA) is 190 Å². The van der Waals surface area contributed by atoms with Crippen molar-refractivity contribution in [2.75, 3.05) is 31.9 Å². The lowest BCUT2D eigenvalue weighted by Crippen LogP contribution is -2.29. The fourth-order valence-corrected chi connectivity index (χ4v) is 13.2. The summed E-state index contributed by atoms with van der Waals surface area (Å²) in [4.78, 5) is 92.6. The van der Waals surface area contributed by atoms with Crippen LogP contribution in [0.5, 0.6) is 0 Å². The smallest absolute Gasteiger partial charge is 0.266 e. The maximum Gasteiger partial charge on any atom is 0.266 e. The zero-order valence-electron chi connectivity index (χ0n) is 47.8. The van der Waals surface area contributed by atoms with E-state index in [1.54, 1.807) is 72.8 Å². The average molecular weight is 1170 g/mol. The number of rotatable bonds is 3. The molecule has 34 rings (SSSR count). The Morgan fingerprint density at radius 2 is 0.300 bits per heavy atom. The van der Waals surface area contributed by atoms with Gasteiger partial charge in [0.15, 0.2) is 0 Å². The summed E-state index contributed by atoms with van der Waals surface area (Å²) in [6.45, 7) is 0. The quantitative estimate of drug-likeness (QED) is 0.114. The van der Waals surface area contributed by atoms with Crippen molar-refractivity contribution in [1.29, 1.82) is 0 Å². The second-order valence-electron chi connectivity index (χ2n) is 22.8. The Morgan fingerprint density at radius 1 is 0.167 bits per heavy atom. The molecule has 0 radical (unpaired) electrons. The van der Waals surface area contributed by atoms with E-state index in [0.717, 1.165) is 62.6 Å². The van der Waals surface area contributed by atoms with E-state index in [1.807, 2.05) is 182 Å². The van der Waals surface area contributed by atoms with Gasteiger partial charge in [-0.2, -0.15) is 0 Å². The summed E-state index contributed by atoms with van der Waals surface area (Å²) in [5.74, 6) is -2.75. The summed E-state index contributed by atoms with van der Waals surface area (Å²) in [7, 11) is 0. The normalized spacial score (nSPS) is 13.5. The lowest BCUT2D eigenvalue weighted by atomic mass is 10.00. The van der Waals surface area contributed by atoms with Crippen LogP contribution in [-0.4, -0.2) is 35.4 Å². The molecule has 3 heterocycles. The van der Waals surface area contributed by atoms with Gasteiger partial charge in [-0.25, -0.2) is 14.7 Å². The van der Waals surface area contributed by atoms with Crippen LogP contribution in [0.1, 0.15) is 62.1 Å². The van der Waals surface area contributed by atoms with Gasteiger partial charge in [0, 0.05) is 17.1 Å². The summed E-state index contributed by atoms with van der Waals surface area (Å²) in [5, 5.41) is 13.3. The fraction of sp³-hybridized carbons (Fsp3) is 0. The van der Waals surface area contributed by atoms with E-state index in [9.17, 15) is 28.8 Å². The first-order valence-corrected chi connectivity index (χ1v) is 29.2. The van der Waals surface area contributed by atoms with Gasteiger partial charge < -0.3 is 17.2 Å². The molecule has 12 heteroatoms. The van der Waals surface area contributed by atoms with Crippen molar-refractivity contribution in [3.05, 3.63) is 382 Å². The van der Waals surface area contributed by atoms with E-state index in [2.05, 4.69) is 0 Å². The number of nitrogens with two attached hydrogens (primary N) is 3. The minimum Gasteiger partial charge on any atom is -0.399 e. The number of benzene rings is 12. The molecule has 0 saturated heterocycles. The number of nitrogen functional groups attached to an aromatic ring is 3. The highest BCUT2D eigenvalue weighted by Crippen LogP contribution is 2.35. The van der Waals surface area contributed by atoms with Gasteiger partial charge in [-0.05, 0) is 167 Å². The van der Waals surface area contributed by atoms with Crippen LogP contribution in [0.3, 0.4) is 0 Å². The van der Waals surface area contributed by atoms with Gasteiger partial charge >= 0.3 is 0 Å². The SMILES string of the molecule is Nc1ccc(N2C(=O)c3c(c4ccc3=c3ccc(cc3)=c3ccc(cc3)=c3ccc(c5c3C(=O)N(c3ccc(N)cc3)C5=O)=c3ccc(cc3)=c3ccc(cc3)=c3ccc(c5c3C(=O)N(c3ccc(N)cc3)C5=O)=c3ccc(cc3)=c3ccc=4cc3)C2=O)cc1. The zero-order chi connectivity index (χ0) is 61.2. The van der Waals surface area contributed by atoms with E-state index in [0.29, 0.717) is 65.4 Å². The van der Waals surface area contributed by atoms with E-state index in [4.69, 9.17) is 17.2 Å². The third-order valence-corrected chi connectivity index (χ3v) is 17.7. The molecule has 0 spiro atoms. The molecule has 90 heavy (non-hydrogen) atoms. The molecule has 6 amide bonds. The lowest BCUT2D eigenvalue weighted by molar-refractivity contribution is 0.0910. The Balaban J connectivity index is 0.976. The summed E-state index contributed by atoms with van der Waals surface area (Å²) in [6, 6.07) is 78.3. The minimum atomic E-state index is -0.459. The van der Waals surface area contributed by atoms with Crippen LogP contribution in [-0.2, 0) is 0 Å². The second kappa shape index (κ2) is 20.3. The Bertz CT molecular complexity index is 5230. The van der Waals surface area contributed by atoms with Crippen molar-refractivity contribution in [1.82, 2.24) is 0 Å². The van der Waals surface area contributed by atoms with Crippen LogP contribution in [0.15, 0.2) is 255 Å². The van der Waals surface area contributed by atoms with E-state index in [-0.39, 0.29) is 33.4 Å². The van der Waals surface area contributed by atoms with Crippen molar-refractivity contribution in [2.45, 2.75) is 0 Å². The van der Waals surface area contributed by atoms with Crippen LogP contribution in [0.4, 0.5) is 34.1 Å². The Morgan fingerprint density at radius 3 is 0.444 bits per heavy atom. The molecule has 12 aromatic carbocycles. The van der Waals surface area contributed by atoms with Crippen LogP contribution in [0.2, 0.25) is 0 Å². The first-order valence-electron chi connectivity index (χ1n) is 29.2. The van der Waals surface area contributed by atoms with Crippen LogP contribution in [0, 0.1) is 93.9 Å². The van der Waals surface area contributed by atoms with Crippen molar-refractivity contribution in [3.63, 3.8) is 0 Å². The highest BCUT2D eigenvalue weighted by atomic mass is 16.2. The standard InChI is InChI=1S/C78H48N6O6/c79-55-25-31-58(32-26-55)82-73(85)67-61-37-38-62(68(67)74(82)86)51-17-5-45(6-18-51)46-9-21-53(22-10-46)65-41-42-66(72-71(65)77(89)84(78(72)90)60-35-29-57(81)30-36-60)54-23-11-48(12-24-54)47-7-19-52(20-8-47)64-40-39-63(50-15-3-44(4-16-50)43-1-13-49(61)14-2-43)69-70(64)76(88)83(75(69)87)59-33-27-56(80)28-34-59/h1-42H,79-81H2. The number of nitrogens with zero attached hydrogens (tertiary/aromatic N) is 3. The zero-order valence-corrected chi connectivity index (χ0v) is 47.8. The molecular formula is C78H48N6O6. The molecule has 0 saturated carbocycles. The molecule has 12 nitrogen and oxygen atoms in total. The third kappa shape index (κ3) is 8.30. The molecular weight excluding hydrogens is 1120 g/mol. The Labute approximate surface area is 509 Å². The van der Waals surface area contributed by atoms with Crippen molar-refractivity contribution in [3.8, 4) is 0 Å². The molecule has 0 fully saturated rings. The third-order valence-electron chi connectivity index (χ3n) is 17.7. The van der Waals surface area contributed by atoms with Crippen LogP contribution in [0.25, 0.3) is 0 Å². The number of hydrogen-bond acceptors (Lipinski definition) is 9. The average Bonchev–Trinajstić information content (AvgIpc) is 1.61. The molecule has 0 aromatic heterocycles. The fourth-order valence-electron chi connectivity index (χ4n) is 13.2. The number of imide groups is 3. The summed E-state index contributed by atoms with van der Waals surface area (Å²) in [6.07, 6.45) is 0. The van der Waals surface area contributed by atoms with Gasteiger partial charge in [0.25, 0.3) is 35.4 Å². The summed E-state index contributed by atoms with van der Waals surface area (Å²) < 4.78 is 0. The number of amides is 6. The first-order chi connectivity index (χ1) is 43.8. The highest BCUT2D eigenvalue weighted by Gasteiger charge is 2.41. The maximum absolute atomic E-state index is 14.8. The molecule has 18 bridgehead atoms. The molecule has 19 aliphatic carbocycles. The van der Waals surface area contributed by atoms with Crippen LogP contribution < -0.4 is 31.9 Å². The van der Waals surface area contributed by atoms with Gasteiger partial charge in [-0.3, -0.25) is 28.8 Å². The largest absolute Gasteiger partial charge is 0.399 e. The van der Waals surface area contributed by atoms with Crippen LogP contribution >= 0.6 is 0 Å². The second-order valence-corrected chi connectivity index (χ2v) is 22.8. The summed E-state index contributed by atoms with van der Waals surface area (Å²) >= 11 is 0. The molecule has 0 unspecified atom stereocenters. The number of hydrogen-bond donors (Lipinski definition) is 3. The molecule has 0 atom stereocenters. The van der Waals surface area contributed by atoms with Gasteiger partial charge in [0.05, 0.1) is 50.4 Å². The van der Waals surface area contributed by atoms with E-state index < -0.39 is 35.4 Å². The molecule has 6 N–H and O–H groups in total. The molecule has 426 valence electrons. The molecule has 3 aliphatic heterocycles. The van der Waals surface area contributed by atoms with Gasteiger partial charge in [0.1, 0.15) is 0 Å². The van der Waals surface area contributed by atoms with Gasteiger partial charge in [0.2, 0.25) is 0 Å². The maximum atomic E-state index is 14.8. The molecule has 12 aromatic rings. The molecule has 22 aliphatic rings. The highest BCUT2D eigenvalue weighted by molar-refractivity contribution is 6.36. The van der Waals surface area contributed by atoms with Gasteiger partial charge in [-0.15, -0.1) is 0 Å². The van der Waals surface area contributed by atoms with Gasteiger partial charge in [-0.1, -0.05) is 182 Å². The van der Waals surface area contributed by atoms with E-state index >= 15 is 0 Å². The number of carbonyl (C=O) groups is 6. The summed E-state index contributed by atoms with van der Waals surface area (Å²) in [5.41, 5.74) is 22.5.